The Labute approximate surface area is 111 Å². The van der Waals surface area contributed by atoms with Gasteiger partial charge in [0.1, 0.15) is 0 Å². The summed E-state index contributed by atoms with van der Waals surface area (Å²) < 4.78 is 0.938. The quantitative estimate of drug-likeness (QED) is 0.546. The van der Waals surface area contributed by atoms with Gasteiger partial charge in [0.05, 0.1) is 6.04 Å². The average molecular weight is 340 g/mol. The summed E-state index contributed by atoms with van der Waals surface area (Å²) in [5.41, 5.74) is 5.52. The van der Waals surface area contributed by atoms with Crippen molar-refractivity contribution in [3.05, 3.63) is 0 Å². The van der Waals surface area contributed by atoms with E-state index in [2.05, 4.69) is 34.8 Å². The van der Waals surface area contributed by atoms with E-state index < -0.39 is 6.04 Å². The summed E-state index contributed by atoms with van der Waals surface area (Å²) in [5.74, 6) is -0.212. The zero-order chi connectivity index (χ0) is 12.6. The predicted octanol–water partition coefficient (Wildman–Crippen LogP) is 1.61. The van der Waals surface area contributed by atoms with Gasteiger partial charge in [-0.3, -0.25) is 14.9 Å². The molecule has 0 saturated heterocycles. The maximum atomic E-state index is 11.5. The minimum atomic E-state index is -0.576. The Morgan fingerprint density at radius 3 is 2.44 bits per heavy atom. The van der Waals surface area contributed by atoms with Gasteiger partial charge in [0.2, 0.25) is 11.8 Å². The molecular weight excluding hydrogens is 319 g/mol. The SMILES string of the molecule is CCC[C@@H](CI)CC(=O)NC(=O)[C@H](N)CC. The minimum Gasteiger partial charge on any atom is -0.320 e. The molecule has 4 nitrogen and oxygen atoms in total. The largest absolute Gasteiger partial charge is 0.320 e. The molecule has 3 N–H and O–H groups in total. The fraction of sp³-hybridized carbons (Fsp3) is 0.818. The van der Waals surface area contributed by atoms with Crippen LogP contribution in [0.4, 0.5) is 0 Å². The van der Waals surface area contributed by atoms with Crippen LogP contribution in [0.15, 0.2) is 0 Å². The van der Waals surface area contributed by atoms with Crippen LogP contribution in [0, 0.1) is 5.92 Å². The highest BCUT2D eigenvalue weighted by Crippen LogP contribution is 2.14. The number of hydrogen-bond acceptors (Lipinski definition) is 3. The molecule has 0 aliphatic heterocycles. The summed E-state index contributed by atoms with van der Waals surface area (Å²) in [6.07, 6.45) is 3.04. The van der Waals surface area contributed by atoms with Crippen molar-refractivity contribution in [1.82, 2.24) is 5.32 Å². The topological polar surface area (TPSA) is 72.2 Å². The van der Waals surface area contributed by atoms with Crippen molar-refractivity contribution in [2.75, 3.05) is 4.43 Å². The highest BCUT2D eigenvalue weighted by Gasteiger charge is 2.17. The molecule has 0 aliphatic rings. The van der Waals surface area contributed by atoms with E-state index in [1.165, 1.54) is 0 Å². The van der Waals surface area contributed by atoms with Gasteiger partial charge in [-0.2, -0.15) is 0 Å². The van der Waals surface area contributed by atoms with Gasteiger partial charge >= 0.3 is 0 Å². The van der Waals surface area contributed by atoms with Gasteiger partial charge in [0.15, 0.2) is 0 Å². The second-order valence-electron chi connectivity index (χ2n) is 3.94. The van der Waals surface area contributed by atoms with E-state index in [-0.39, 0.29) is 11.8 Å². The van der Waals surface area contributed by atoms with E-state index in [1.807, 2.05) is 6.92 Å². The normalized spacial score (nSPS) is 14.2. The molecular formula is C11H21IN2O2. The molecule has 0 saturated carbocycles. The smallest absolute Gasteiger partial charge is 0.243 e. The number of amides is 2. The molecule has 0 aromatic rings. The third kappa shape index (κ3) is 6.42. The van der Waals surface area contributed by atoms with Crippen molar-refractivity contribution in [2.45, 2.75) is 45.6 Å². The molecule has 0 heterocycles. The van der Waals surface area contributed by atoms with Gasteiger partial charge in [-0.25, -0.2) is 0 Å². The molecule has 0 radical (unpaired) electrons. The van der Waals surface area contributed by atoms with E-state index >= 15 is 0 Å². The van der Waals surface area contributed by atoms with Crippen molar-refractivity contribution < 1.29 is 9.59 Å². The molecule has 5 heteroatoms. The van der Waals surface area contributed by atoms with Crippen LogP contribution < -0.4 is 11.1 Å². The number of carbonyl (C=O) groups excluding carboxylic acids is 2. The van der Waals surface area contributed by atoms with Crippen LogP contribution >= 0.6 is 22.6 Å². The van der Waals surface area contributed by atoms with Gasteiger partial charge in [0.25, 0.3) is 0 Å². The molecule has 0 spiro atoms. The number of nitrogens with two attached hydrogens (primary N) is 1. The van der Waals surface area contributed by atoms with Crippen LogP contribution in [0.5, 0.6) is 0 Å². The van der Waals surface area contributed by atoms with E-state index in [9.17, 15) is 9.59 Å². The lowest BCUT2D eigenvalue weighted by molar-refractivity contribution is -0.131. The molecule has 0 unspecified atom stereocenters. The molecule has 16 heavy (non-hydrogen) atoms. The Kier molecular flexibility index (Phi) is 8.83. The lowest BCUT2D eigenvalue weighted by atomic mass is 10.0. The van der Waals surface area contributed by atoms with Gasteiger partial charge < -0.3 is 5.73 Å². The third-order valence-electron chi connectivity index (χ3n) is 2.43. The first-order chi connectivity index (χ1) is 7.54. The molecule has 0 aromatic carbocycles. The molecule has 2 atom stereocenters. The Hall–Kier alpha value is -0.170. The summed E-state index contributed by atoms with van der Waals surface area (Å²) in [5, 5.41) is 2.35. The van der Waals surface area contributed by atoms with E-state index in [0.717, 1.165) is 17.3 Å². The Morgan fingerprint density at radius 2 is 2.00 bits per heavy atom. The second kappa shape index (κ2) is 8.92. The number of hydrogen-bond donors (Lipinski definition) is 2. The fourth-order valence-corrected chi connectivity index (χ4v) is 2.12. The molecule has 94 valence electrons. The van der Waals surface area contributed by atoms with Crippen LogP contribution in [0.25, 0.3) is 0 Å². The summed E-state index contributed by atoms with van der Waals surface area (Å²) in [6.45, 7) is 3.91. The number of alkyl halides is 1. The van der Waals surface area contributed by atoms with E-state index in [4.69, 9.17) is 5.73 Å². The predicted molar refractivity (Wildman–Crippen MR) is 73.3 cm³/mol. The Morgan fingerprint density at radius 1 is 1.38 bits per heavy atom. The lowest BCUT2D eigenvalue weighted by Crippen LogP contribution is -2.43. The lowest BCUT2D eigenvalue weighted by Gasteiger charge is -2.13. The number of halogens is 1. The summed E-state index contributed by atoms with van der Waals surface area (Å²) in [4.78, 5) is 22.9. The first kappa shape index (κ1) is 15.8. The molecule has 0 aliphatic carbocycles. The second-order valence-corrected chi connectivity index (χ2v) is 4.82. The van der Waals surface area contributed by atoms with Crippen LogP contribution in [-0.2, 0) is 9.59 Å². The Bertz CT molecular complexity index is 234. The van der Waals surface area contributed by atoms with Crippen LogP contribution in [0.1, 0.15) is 39.5 Å². The third-order valence-corrected chi connectivity index (χ3v) is 3.67. The van der Waals surface area contributed by atoms with Gasteiger partial charge in [-0.15, -0.1) is 0 Å². The minimum absolute atomic E-state index is 0.205. The highest BCUT2D eigenvalue weighted by atomic mass is 127. The molecule has 0 bridgehead atoms. The summed E-state index contributed by atoms with van der Waals surface area (Å²) >= 11 is 2.27. The monoisotopic (exact) mass is 340 g/mol. The first-order valence-electron chi connectivity index (χ1n) is 5.70. The van der Waals surface area contributed by atoms with E-state index in [1.54, 1.807) is 0 Å². The standard InChI is InChI=1S/C11H21IN2O2/c1-3-5-8(7-12)6-10(15)14-11(16)9(13)4-2/h8-9H,3-7,13H2,1-2H3,(H,14,15,16)/t8-,9-/m1/s1. The van der Waals surface area contributed by atoms with Crippen molar-refractivity contribution in [3.63, 3.8) is 0 Å². The average Bonchev–Trinajstić information content (AvgIpc) is 2.27. The Balaban J connectivity index is 4.01. The number of nitrogens with one attached hydrogen (secondary N) is 1. The molecule has 2 amide bonds. The maximum absolute atomic E-state index is 11.5. The highest BCUT2D eigenvalue weighted by molar-refractivity contribution is 14.1. The molecule has 0 aromatic heterocycles. The number of imide groups is 1. The van der Waals surface area contributed by atoms with Crippen molar-refractivity contribution in [2.24, 2.45) is 11.7 Å². The van der Waals surface area contributed by atoms with Crippen LogP contribution in [0.3, 0.4) is 0 Å². The zero-order valence-electron chi connectivity index (χ0n) is 9.96. The van der Waals surface area contributed by atoms with Crippen molar-refractivity contribution in [3.8, 4) is 0 Å². The molecule has 0 fully saturated rings. The summed E-state index contributed by atoms with van der Waals surface area (Å²) in [6, 6.07) is -0.576. The maximum Gasteiger partial charge on any atom is 0.243 e. The fourth-order valence-electron chi connectivity index (χ4n) is 1.37. The number of carbonyl (C=O) groups is 2. The van der Waals surface area contributed by atoms with Gasteiger partial charge in [-0.1, -0.05) is 42.9 Å². The number of rotatable bonds is 7. The van der Waals surface area contributed by atoms with Gasteiger partial charge in [0, 0.05) is 10.8 Å². The van der Waals surface area contributed by atoms with Crippen molar-refractivity contribution >= 4 is 34.4 Å². The zero-order valence-corrected chi connectivity index (χ0v) is 12.1. The van der Waals surface area contributed by atoms with Gasteiger partial charge in [-0.05, 0) is 18.8 Å². The molecule has 0 rings (SSSR count). The summed E-state index contributed by atoms with van der Waals surface area (Å²) in [7, 11) is 0. The van der Waals surface area contributed by atoms with Crippen molar-refractivity contribution in [1.29, 1.82) is 0 Å². The first-order valence-corrected chi connectivity index (χ1v) is 7.22. The van der Waals surface area contributed by atoms with Crippen LogP contribution in [-0.4, -0.2) is 22.3 Å². The van der Waals surface area contributed by atoms with Crippen LogP contribution in [0.2, 0.25) is 0 Å². The van der Waals surface area contributed by atoms with E-state index in [0.29, 0.717) is 18.8 Å².